The van der Waals surface area contributed by atoms with Crippen molar-refractivity contribution in [2.45, 2.75) is 25.8 Å². The number of rotatable bonds is 3. The van der Waals surface area contributed by atoms with Gasteiger partial charge in [-0.2, -0.15) is 0 Å². The molecule has 0 saturated heterocycles. The van der Waals surface area contributed by atoms with Gasteiger partial charge in [-0.3, -0.25) is 9.59 Å². The van der Waals surface area contributed by atoms with E-state index in [1.807, 2.05) is 32.0 Å². The van der Waals surface area contributed by atoms with Crippen molar-refractivity contribution in [1.82, 2.24) is 5.32 Å². The molecule has 0 radical (unpaired) electrons. The molecule has 0 unspecified atom stereocenters. The smallest absolute Gasteiger partial charge is 0.254 e. The van der Waals surface area contributed by atoms with Crippen LogP contribution in [0.2, 0.25) is 0 Å². The molecule has 2 N–H and O–H groups in total. The summed E-state index contributed by atoms with van der Waals surface area (Å²) in [4.78, 5) is 24.0. The molecule has 1 heterocycles. The van der Waals surface area contributed by atoms with Crippen molar-refractivity contribution in [2.24, 2.45) is 0 Å². The molecule has 1 aliphatic heterocycles. The molecule has 0 aromatic heterocycles. The molecule has 0 aliphatic carbocycles. The summed E-state index contributed by atoms with van der Waals surface area (Å²) < 4.78 is 13.6. The van der Waals surface area contributed by atoms with E-state index in [9.17, 15) is 14.0 Å². The van der Waals surface area contributed by atoms with Crippen LogP contribution in [0, 0.1) is 5.82 Å². The third-order valence-electron chi connectivity index (χ3n) is 4.14. The van der Waals surface area contributed by atoms with Crippen molar-refractivity contribution in [3.63, 3.8) is 0 Å². The predicted octanol–water partition coefficient (Wildman–Crippen LogP) is 2.99. The molecule has 0 spiro atoms. The van der Waals surface area contributed by atoms with Crippen LogP contribution in [-0.2, 0) is 16.8 Å². The van der Waals surface area contributed by atoms with Crippen molar-refractivity contribution in [3.05, 3.63) is 65.0 Å². The van der Waals surface area contributed by atoms with Crippen LogP contribution in [-0.4, -0.2) is 11.8 Å². The summed E-state index contributed by atoms with van der Waals surface area (Å²) in [7, 11) is 0. The van der Waals surface area contributed by atoms with Gasteiger partial charge in [-0.15, -0.1) is 0 Å². The highest BCUT2D eigenvalue weighted by Gasteiger charge is 2.38. The van der Waals surface area contributed by atoms with Gasteiger partial charge in [0.05, 0.1) is 11.0 Å². The van der Waals surface area contributed by atoms with Gasteiger partial charge in [0.1, 0.15) is 5.82 Å². The molecule has 0 atom stereocenters. The fourth-order valence-electron chi connectivity index (χ4n) is 2.65. The first-order valence-corrected chi connectivity index (χ1v) is 7.37. The lowest BCUT2D eigenvalue weighted by Crippen LogP contribution is -2.27. The highest BCUT2D eigenvalue weighted by atomic mass is 19.1. The maximum atomic E-state index is 13.6. The number of hydrogen-bond donors (Lipinski definition) is 2. The van der Waals surface area contributed by atoms with Crippen molar-refractivity contribution < 1.29 is 14.0 Å². The van der Waals surface area contributed by atoms with E-state index in [0.29, 0.717) is 0 Å². The Balaban J connectivity index is 1.76. The normalized spacial score (nSPS) is 15.0. The summed E-state index contributed by atoms with van der Waals surface area (Å²) in [6, 6.07) is 11.4. The van der Waals surface area contributed by atoms with E-state index >= 15 is 0 Å². The molecule has 2 aromatic carbocycles. The molecule has 0 bridgehead atoms. The SMILES string of the molecule is CC1(C)C(=O)Nc2ccc(CNC(=O)c3ccccc3F)cc21. The number of benzene rings is 2. The third-order valence-corrected chi connectivity index (χ3v) is 4.14. The predicted molar refractivity (Wildman–Crippen MR) is 85.7 cm³/mol. The number of anilines is 1. The molecule has 5 heteroatoms. The topological polar surface area (TPSA) is 58.2 Å². The van der Waals surface area contributed by atoms with Gasteiger partial charge in [0.2, 0.25) is 5.91 Å². The first-order valence-electron chi connectivity index (χ1n) is 7.37. The Bertz CT molecular complexity index is 799. The Kier molecular flexibility index (Phi) is 3.64. The second-order valence-corrected chi connectivity index (χ2v) is 6.12. The number of amides is 2. The minimum absolute atomic E-state index is 0.0193. The molecule has 1 aliphatic rings. The van der Waals surface area contributed by atoms with Crippen molar-refractivity contribution in [2.75, 3.05) is 5.32 Å². The monoisotopic (exact) mass is 312 g/mol. The zero-order valence-electron chi connectivity index (χ0n) is 12.9. The van der Waals surface area contributed by atoms with Crippen LogP contribution in [0.15, 0.2) is 42.5 Å². The standard InChI is InChI=1S/C18H17FN2O2/c1-18(2)13-9-11(7-8-15(13)21-17(18)23)10-20-16(22)12-5-3-4-6-14(12)19/h3-9H,10H2,1-2H3,(H,20,22)(H,21,23). The van der Waals surface area contributed by atoms with E-state index in [4.69, 9.17) is 0 Å². The van der Waals surface area contributed by atoms with E-state index in [2.05, 4.69) is 10.6 Å². The van der Waals surface area contributed by atoms with Crippen LogP contribution in [0.1, 0.15) is 35.3 Å². The highest BCUT2D eigenvalue weighted by molar-refractivity contribution is 6.05. The van der Waals surface area contributed by atoms with Crippen LogP contribution in [0.5, 0.6) is 0 Å². The fraction of sp³-hybridized carbons (Fsp3) is 0.222. The van der Waals surface area contributed by atoms with Crippen molar-refractivity contribution in [1.29, 1.82) is 0 Å². The van der Waals surface area contributed by atoms with Gasteiger partial charge in [0.25, 0.3) is 5.91 Å². The van der Waals surface area contributed by atoms with Crippen molar-refractivity contribution in [3.8, 4) is 0 Å². The zero-order chi connectivity index (χ0) is 16.6. The van der Waals surface area contributed by atoms with Crippen LogP contribution in [0.3, 0.4) is 0 Å². The molecular formula is C18H17FN2O2. The summed E-state index contributed by atoms with van der Waals surface area (Å²) >= 11 is 0. The molecule has 0 fully saturated rings. The second kappa shape index (κ2) is 5.50. The van der Waals surface area contributed by atoms with Gasteiger partial charge in [0.15, 0.2) is 0 Å². The Morgan fingerprint density at radius 2 is 1.96 bits per heavy atom. The summed E-state index contributed by atoms with van der Waals surface area (Å²) in [5, 5.41) is 5.54. The van der Waals surface area contributed by atoms with E-state index in [0.717, 1.165) is 16.8 Å². The second-order valence-electron chi connectivity index (χ2n) is 6.12. The molecule has 2 aromatic rings. The zero-order valence-corrected chi connectivity index (χ0v) is 12.9. The lowest BCUT2D eigenvalue weighted by molar-refractivity contribution is -0.119. The van der Waals surface area contributed by atoms with Crippen molar-refractivity contribution >= 4 is 17.5 Å². The van der Waals surface area contributed by atoms with Gasteiger partial charge < -0.3 is 10.6 Å². The van der Waals surface area contributed by atoms with E-state index < -0.39 is 17.1 Å². The molecule has 0 saturated carbocycles. The Morgan fingerprint density at radius 1 is 1.22 bits per heavy atom. The fourth-order valence-corrected chi connectivity index (χ4v) is 2.65. The molecule has 118 valence electrons. The Morgan fingerprint density at radius 3 is 2.70 bits per heavy atom. The van der Waals surface area contributed by atoms with Gasteiger partial charge >= 0.3 is 0 Å². The molecule has 2 amide bonds. The first kappa shape index (κ1) is 15.2. The average Bonchev–Trinajstić information content (AvgIpc) is 2.75. The highest BCUT2D eigenvalue weighted by Crippen LogP contribution is 2.37. The number of hydrogen-bond acceptors (Lipinski definition) is 2. The molecule has 3 rings (SSSR count). The number of carbonyl (C=O) groups excluding carboxylic acids is 2. The minimum Gasteiger partial charge on any atom is -0.348 e. The number of fused-ring (bicyclic) bond motifs is 1. The van der Waals surface area contributed by atoms with Crippen LogP contribution in [0.25, 0.3) is 0 Å². The number of carbonyl (C=O) groups is 2. The van der Waals surface area contributed by atoms with Gasteiger partial charge in [-0.25, -0.2) is 4.39 Å². The van der Waals surface area contributed by atoms with E-state index in [1.165, 1.54) is 12.1 Å². The van der Waals surface area contributed by atoms with Crippen LogP contribution in [0.4, 0.5) is 10.1 Å². The van der Waals surface area contributed by atoms with Crippen LogP contribution < -0.4 is 10.6 Å². The third kappa shape index (κ3) is 2.70. The minimum atomic E-state index is -0.596. The van der Waals surface area contributed by atoms with Gasteiger partial charge in [-0.05, 0) is 43.2 Å². The van der Waals surface area contributed by atoms with Gasteiger partial charge in [0, 0.05) is 12.2 Å². The maximum Gasteiger partial charge on any atom is 0.254 e. The first-order chi connectivity index (χ1) is 10.9. The quantitative estimate of drug-likeness (QED) is 0.915. The summed E-state index contributed by atoms with van der Waals surface area (Å²) in [6.45, 7) is 3.98. The molecular weight excluding hydrogens is 295 g/mol. The van der Waals surface area contributed by atoms with Crippen LogP contribution >= 0.6 is 0 Å². The molecule has 23 heavy (non-hydrogen) atoms. The van der Waals surface area contributed by atoms with Gasteiger partial charge in [-0.1, -0.05) is 24.3 Å². The Labute approximate surface area is 133 Å². The lowest BCUT2D eigenvalue weighted by atomic mass is 9.85. The number of halogens is 1. The largest absolute Gasteiger partial charge is 0.348 e. The Hall–Kier alpha value is -2.69. The molecule has 4 nitrogen and oxygen atoms in total. The number of nitrogens with one attached hydrogen (secondary N) is 2. The summed E-state index contributed by atoms with van der Waals surface area (Å²) in [6.07, 6.45) is 0. The summed E-state index contributed by atoms with van der Waals surface area (Å²) in [5.41, 5.74) is 1.98. The lowest BCUT2D eigenvalue weighted by Gasteiger charge is -2.16. The van der Waals surface area contributed by atoms with E-state index in [1.54, 1.807) is 12.1 Å². The average molecular weight is 312 g/mol. The van der Waals surface area contributed by atoms with E-state index in [-0.39, 0.29) is 18.0 Å². The summed E-state index contributed by atoms with van der Waals surface area (Å²) in [5.74, 6) is -1.05. The maximum absolute atomic E-state index is 13.6.